The maximum Gasteiger partial charge on any atom is 0.122 e. The van der Waals surface area contributed by atoms with Crippen LogP contribution in [0, 0.1) is 0 Å². The highest BCUT2D eigenvalue weighted by Gasteiger charge is 2.14. The molecule has 0 bridgehead atoms. The number of ether oxygens (including phenoxy) is 1. The van der Waals surface area contributed by atoms with Gasteiger partial charge in [0.1, 0.15) is 5.75 Å². The Labute approximate surface area is 127 Å². The lowest BCUT2D eigenvalue weighted by molar-refractivity contribution is 0.357. The van der Waals surface area contributed by atoms with Crippen LogP contribution < -0.4 is 10.1 Å². The highest BCUT2D eigenvalue weighted by molar-refractivity contribution is 5.48. The van der Waals surface area contributed by atoms with Gasteiger partial charge in [0, 0.05) is 18.2 Å². The van der Waals surface area contributed by atoms with Gasteiger partial charge in [-0.2, -0.15) is 0 Å². The van der Waals surface area contributed by atoms with E-state index < -0.39 is 0 Å². The molecule has 1 atom stereocenters. The molecule has 1 heterocycles. The molecule has 1 aliphatic heterocycles. The number of anilines is 1. The van der Waals surface area contributed by atoms with Crippen LogP contribution in [0.1, 0.15) is 49.4 Å². The highest BCUT2D eigenvalue weighted by Crippen LogP contribution is 2.29. The van der Waals surface area contributed by atoms with Crippen LogP contribution in [0.4, 0.5) is 5.69 Å². The summed E-state index contributed by atoms with van der Waals surface area (Å²) in [6, 6.07) is 15.6. The summed E-state index contributed by atoms with van der Waals surface area (Å²) in [5, 5.41) is 3.57. The molecule has 2 nitrogen and oxygen atoms in total. The van der Waals surface area contributed by atoms with Crippen LogP contribution in [0.3, 0.4) is 0 Å². The van der Waals surface area contributed by atoms with E-state index in [-0.39, 0.29) is 0 Å². The van der Waals surface area contributed by atoms with Crippen molar-refractivity contribution in [3.05, 3.63) is 59.2 Å². The van der Waals surface area contributed by atoms with Gasteiger partial charge >= 0.3 is 0 Å². The number of rotatable bonds is 4. The SMILES string of the molecule is CC(C)c1ccc(NC(C)c2ccc3c(c2)CCO3)cc1. The third-order valence-corrected chi connectivity index (χ3v) is 4.17. The second-order valence-electron chi connectivity index (χ2n) is 6.11. The van der Waals surface area contributed by atoms with Crippen molar-refractivity contribution in [3.63, 3.8) is 0 Å². The van der Waals surface area contributed by atoms with Crippen LogP contribution in [0.25, 0.3) is 0 Å². The number of hydrogen-bond donors (Lipinski definition) is 1. The Morgan fingerprint density at radius 2 is 1.67 bits per heavy atom. The summed E-state index contributed by atoms with van der Waals surface area (Å²) in [6.07, 6.45) is 1.03. The lowest BCUT2D eigenvalue weighted by atomic mass is 10.0. The first-order valence-electron chi connectivity index (χ1n) is 7.75. The lowest BCUT2D eigenvalue weighted by Crippen LogP contribution is -2.06. The quantitative estimate of drug-likeness (QED) is 0.859. The number of fused-ring (bicyclic) bond motifs is 1. The molecule has 21 heavy (non-hydrogen) atoms. The zero-order valence-corrected chi connectivity index (χ0v) is 13.0. The maximum absolute atomic E-state index is 5.57. The van der Waals surface area contributed by atoms with Gasteiger partial charge in [-0.25, -0.2) is 0 Å². The molecule has 0 radical (unpaired) electrons. The Kier molecular flexibility index (Phi) is 3.87. The molecule has 110 valence electrons. The fourth-order valence-corrected chi connectivity index (χ4v) is 2.77. The van der Waals surface area contributed by atoms with Crippen molar-refractivity contribution in [1.29, 1.82) is 0 Å². The second-order valence-corrected chi connectivity index (χ2v) is 6.11. The van der Waals surface area contributed by atoms with E-state index in [4.69, 9.17) is 4.74 Å². The van der Waals surface area contributed by atoms with E-state index in [9.17, 15) is 0 Å². The summed E-state index contributed by atoms with van der Waals surface area (Å²) in [5.74, 6) is 1.63. The molecule has 2 heteroatoms. The molecule has 1 N–H and O–H groups in total. The molecule has 0 aliphatic carbocycles. The molecular weight excluding hydrogens is 258 g/mol. The molecule has 0 fully saturated rings. The minimum Gasteiger partial charge on any atom is -0.493 e. The van der Waals surface area contributed by atoms with Crippen LogP contribution in [-0.2, 0) is 6.42 Å². The fourth-order valence-electron chi connectivity index (χ4n) is 2.77. The van der Waals surface area contributed by atoms with Gasteiger partial charge in [-0.15, -0.1) is 0 Å². The molecule has 0 amide bonds. The second kappa shape index (κ2) is 5.80. The Morgan fingerprint density at radius 1 is 0.952 bits per heavy atom. The molecule has 3 rings (SSSR count). The third kappa shape index (κ3) is 3.05. The van der Waals surface area contributed by atoms with E-state index in [1.54, 1.807) is 0 Å². The van der Waals surface area contributed by atoms with Crippen LogP contribution in [-0.4, -0.2) is 6.61 Å². The van der Waals surface area contributed by atoms with E-state index >= 15 is 0 Å². The highest BCUT2D eigenvalue weighted by atomic mass is 16.5. The predicted octanol–water partition coefficient (Wildman–Crippen LogP) is 4.92. The normalized spacial score (nSPS) is 14.7. The van der Waals surface area contributed by atoms with Gasteiger partial charge in [0.05, 0.1) is 6.61 Å². The van der Waals surface area contributed by atoms with E-state index in [1.807, 2.05) is 0 Å². The topological polar surface area (TPSA) is 21.3 Å². The van der Waals surface area contributed by atoms with Crippen molar-refractivity contribution in [2.75, 3.05) is 11.9 Å². The van der Waals surface area contributed by atoms with Gasteiger partial charge in [0.2, 0.25) is 0 Å². The van der Waals surface area contributed by atoms with E-state index in [1.165, 1.54) is 22.4 Å². The van der Waals surface area contributed by atoms with Gasteiger partial charge in [0.25, 0.3) is 0 Å². The van der Waals surface area contributed by atoms with Crippen LogP contribution >= 0.6 is 0 Å². The molecule has 0 saturated carbocycles. The minimum atomic E-state index is 0.292. The van der Waals surface area contributed by atoms with Gasteiger partial charge in [0.15, 0.2) is 0 Å². The van der Waals surface area contributed by atoms with Crippen molar-refractivity contribution in [2.45, 2.75) is 39.2 Å². The van der Waals surface area contributed by atoms with Crippen molar-refractivity contribution >= 4 is 5.69 Å². The average Bonchev–Trinajstić information content (AvgIpc) is 2.95. The smallest absolute Gasteiger partial charge is 0.122 e. The van der Waals surface area contributed by atoms with Crippen molar-refractivity contribution in [2.24, 2.45) is 0 Å². The molecule has 1 aliphatic rings. The third-order valence-electron chi connectivity index (χ3n) is 4.17. The van der Waals surface area contributed by atoms with E-state index in [0.717, 1.165) is 18.8 Å². The van der Waals surface area contributed by atoms with Crippen LogP contribution in [0.5, 0.6) is 5.75 Å². The first-order valence-corrected chi connectivity index (χ1v) is 7.75. The summed E-state index contributed by atoms with van der Waals surface area (Å²) >= 11 is 0. The largest absolute Gasteiger partial charge is 0.493 e. The molecular formula is C19H23NO. The van der Waals surface area contributed by atoms with Gasteiger partial charge in [-0.05, 0) is 53.8 Å². The molecule has 0 aromatic heterocycles. The van der Waals surface area contributed by atoms with Gasteiger partial charge in [-0.1, -0.05) is 32.0 Å². The zero-order chi connectivity index (χ0) is 14.8. The lowest BCUT2D eigenvalue weighted by Gasteiger charge is -2.17. The first kappa shape index (κ1) is 14.0. The van der Waals surface area contributed by atoms with Crippen molar-refractivity contribution in [1.82, 2.24) is 0 Å². The van der Waals surface area contributed by atoms with Crippen molar-refractivity contribution < 1.29 is 4.74 Å². The Bertz CT molecular complexity index is 616. The van der Waals surface area contributed by atoms with Gasteiger partial charge in [-0.3, -0.25) is 0 Å². The average molecular weight is 281 g/mol. The molecule has 0 spiro atoms. The summed E-state index contributed by atoms with van der Waals surface area (Å²) < 4.78 is 5.57. The summed E-state index contributed by atoms with van der Waals surface area (Å²) in [4.78, 5) is 0. The van der Waals surface area contributed by atoms with Crippen LogP contribution in [0.2, 0.25) is 0 Å². The monoisotopic (exact) mass is 281 g/mol. The standard InChI is InChI=1S/C19H23NO/c1-13(2)15-4-7-18(8-5-15)20-14(3)16-6-9-19-17(12-16)10-11-21-19/h4-9,12-14,20H,10-11H2,1-3H3. The molecule has 0 saturated heterocycles. The number of hydrogen-bond acceptors (Lipinski definition) is 2. The van der Waals surface area contributed by atoms with E-state index in [0.29, 0.717) is 12.0 Å². The zero-order valence-electron chi connectivity index (χ0n) is 13.0. The Balaban J connectivity index is 1.72. The molecule has 2 aromatic rings. The number of nitrogens with one attached hydrogen (secondary N) is 1. The maximum atomic E-state index is 5.57. The van der Waals surface area contributed by atoms with Crippen molar-refractivity contribution in [3.8, 4) is 5.75 Å². The van der Waals surface area contributed by atoms with Gasteiger partial charge < -0.3 is 10.1 Å². The van der Waals surface area contributed by atoms with E-state index in [2.05, 4.69) is 68.6 Å². The minimum absolute atomic E-state index is 0.292. The Morgan fingerprint density at radius 3 is 2.38 bits per heavy atom. The summed E-state index contributed by atoms with van der Waals surface area (Å²) in [6.45, 7) is 7.46. The van der Waals surface area contributed by atoms with Crippen LogP contribution in [0.15, 0.2) is 42.5 Å². The Hall–Kier alpha value is -1.96. The molecule has 1 unspecified atom stereocenters. The predicted molar refractivity (Wildman–Crippen MR) is 88.2 cm³/mol. The molecule has 2 aromatic carbocycles. The summed E-state index contributed by atoms with van der Waals surface area (Å²) in [7, 11) is 0. The first-order chi connectivity index (χ1) is 10.1. The number of benzene rings is 2. The fraction of sp³-hybridized carbons (Fsp3) is 0.368. The summed E-state index contributed by atoms with van der Waals surface area (Å²) in [5.41, 5.74) is 5.19.